The fraction of sp³-hybridized carbons (Fsp3) is 0.500. The van der Waals surface area contributed by atoms with Crippen molar-refractivity contribution in [3.8, 4) is 0 Å². The molecule has 0 rings (SSSR count). The molecule has 9 nitrogen and oxygen atoms in total. The molecule has 0 aromatic heterocycles. The highest BCUT2D eigenvalue weighted by Gasteiger charge is 1.95. The second kappa shape index (κ2) is 21.6. The minimum Gasteiger partial charge on any atom is -0.478 e. The zero-order chi connectivity index (χ0) is 22.6. The number of aliphatic carboxylic acids is 3. The number of aliphatic hydroxyl groups excluding tert-OH is 2. The molecule has 0 aliphatic carbocycles. The predicted octanol–water partition coefficient (Wildman–Crippen LogP) is 1.79. The summed E-state index contributed by atoms with van der Waals surface area (Å²) in [6.45, 7) is 14.0. The standard InChI is InChI=1S/C6H14O3.3C4H6O2/c7-5-3-1-2-4-6(8)9;3*1-3(2)4(5)6/h6-9H,1-5H2;3*1H2,2H3,(H,5,6). The maximum Gasteiger partial charge on any atom is 0.330 e. The molecule has 0 heterocycles. The molecule has 0 aliphatic heterocycles. The summed E-state index contributed by atoms with van der Waals surface area (Å²) in [4.78, 5) is 28.8. The van der Waals surface area contributed by atoms with Crippen molar-refractivity contribution in [2.45, 2.75) is 52.7 Å². The summed E-state index contributed by atoms with van der Waals surface area (Å²) in [6.07, 6.45) is 1.64. The van der Waals surface area contributed by atoms with Crippen LogP contribution in [0.4, 0.5) is 0 Å². The van der Waals surface area contributed by atoms with Crippen molar-refractivity contribution >= 4 is 17.9 Å². The quantitative estimate of drug-likeness (QED) is 0.204. The number of unbranched alkanes of at least 4 members (excludes halogenated alkanes) is 2. The molecule has 0 aromatic rings. The summed E-state index contributed by atoms with van der Waals surface area (Å²) < 4.78 is 0. The summed E-state index contributed by atoms with van der Waals surface area (Å²) in [5, 5.41) is 48.7. The first-order valence-electron chi connectivity index (χ1n) is 7.83. The first kappa shape index (κ1) is 32.2. The van der Waals surface area contributed by atoms with E-state index in [9.17, 15) is 14.4 Å². The van der Waals surface area contributed by atoms with Crippen LogP contribution in [0, 0.1) is 0 Å². The van der Waals surface area contributed by atoms with Crippen LogP contribution in [-0.4, -0.2) is 61.4 Å². The SMILES string of the molecule is C=C(C)C(=O)O.C=C(C)C(=O)O.C=C(C)C(=O)O.OCCCCCC(O)O. The van der Waals surface area contributed by atoms with E-state index in [1.807, 2.05) is 0 Å². The fourth-order valence-corrected chi connectivity index (χ4v) is 0.615. The van der Waals surface area contributed by atoms with Crippen molar-refractivity contribution < 1.29 is 45.0 Å². The van der Waals surface area contributed by atoms with E-state index >= 15 is 0 Å². The smallest absolute Gasteiger partial charge is 0.330 e. The van der Waals surface area contributed by atoms with Crippen molar-refractivity contribution in [3.05, 3.63) is 36.5 Å². The van der Waals surface area contributed by atoms with Crippen molar-refractivity contribution in [2.75, 3.05) is 6.61 Å². The van der Waals surface area contributed by atoms with Gasteiger partial charge in [-0.15, -0.1) is 0 Å². The zero-order valence-corrected chi connectivity index (χ0v) is 16.1. The van der Waals surface area contributed by atoms with Gasteiger partial charge in [0, 0.05) is 23.3 Å². The van der Waals surface area contributed by atoms with Gasteiger partial charge in [0.2, 0.25) is 0 Å². The molecule has 0 aliphatic rings. The van der Waals surface area contributed by atoms with Crippen LogP contribution >= 0.6 is 0 Å². The topological polar surface area (TPSA) is 173 Å². The van der Waals surface area contributed by atoms with Gasteiger partial charge in [0.25, 0.3) is 0 Å². The number of carbonyl (C=O) groups is 3. The van der Waals surface area contributed by atoms with E-state index in [1.54, 1.807) is 0 Å². The van der Waals surface area contributed by atoms with Gasteiger partial charge in [-0.3, -0.25) is 0 Å². The Labute approximate surface area is 159 Å². The van der Waals surface area contributed by atoms with E-state index in [-0.39, 0.29) is 23.3 Å². The van der Waals surface area contributed by atoms with Crippen molar-refractivity contribution in [2.24, 2.45) is 0 Å². The number of hydrogen-bond acceptors (Lipinski definition) is 6. The largest absolute Gasteiger partial charge is 0.478 e. The summed E-state index contributed by atoms with van der Waals surface area (Å²) in [5.74, 6) is -2.81. The molecule has 0 saturated carbocycles. The third kappa shape index (κ3) is 45.2. The Morgan fingerprint density at radius 1 is 0.704 bits per heavy atom. The maximum absolute atomic E-state index is 9.60. The highest BCUT2D eigenvalue weighted by Crippen LogP contribution is 2.00. The Morgan fingerprint density at radius 3 is 1.11 bits per heavy atom. The lowest BCUT2D eigenvalue weighted by atomic mass is 10.2. The lowest BCUT2D eigenvalue weighted by molar-refractivity contribution is -0.133. The number of carboxylic acids is 3. The second-order valence-corrected chi connectivity index (χ2v) is 5.31. The van der Waals surface area contributed by atoms with Gasteiger partial charge < -0.3 is 30.6 Å². The van der Waals surface area contributed by atoms with Crippen LogP contribution in [0.25, 0.3) is 0 Å². The van der Waals surface area contributed by atoms with Gasteiger partial charge in [-0.1, -0.05) is 26.2 Å². The molecule has 0 bridgehead atoms. The molecule has 0 amide bonds. The highest BCUT2D eigenvalue weighted by molar-refractivity contribution is 5.85. The lowest BCUT2D eigenvalue weighted by Gasteiger charge is -2.00. The van der Waals surface area contributed by atoms with E-state index in [0.717, 1.165) is 19.3 Å². The molecule has 6 N–H and O–H groups in total. The molecule has 9 heteroatoms. The lowest BCUT2D eigenvalue weighted by Crippen LogP contribution is -2.03. The van der Waals surface area contributed by atoms with Crippen LogP contribution in [0.5, 0.6) is 0 Å². The third-order valence-electron chi connectivity index (χ3n) is 2.22. The Kier molecular flexibility index (Phi) is 25.7. The molecular weight excluding hydrogens is 360 g/mol. The van der Waals surface area contributed by atoms with E-state index in [4.69, 9.17) is 30.6 Å². The maximum atomic E-state index is 9.60. The second-order valence-electron chi connectivity index (χ2n) is 5.31. The van der Waals surface area contributed by atoms with Gasteiger partial charge in [-0.2, -0.15) is 0 Å². The summed E-state index contributed by atoms with van der Waals surface area (Å²) in [6, 6.07) is 0. The fourth-order valence-electron chi connectivity index (χ4n) is 0.615. The molecule has 0 aromatic carbocycles. The molecule has 0 radical (unpaired) electrons. The molecule has 0 unspecified atom stereocenters. The predicted molar refractivity (Wildman–Crippen MR) is 101 cm³/mol. The first-order chi connectivity index (χ1) is 12.2. The van der Waals surface area contributed by atoms with Crippen molar-refractivity contribution in [1.29, 1.82) is 0 Å². The molecule has 27 heavy (non-hydrogen) atoms. The number of rotatable bonds is 8. The van der Waals surface area contributed by atoms with Gasteiger partial charge in [0.05, 0.1) is 0 Å². The van der Waals surface area contributed by atoms with Crippen LogP contribution in [0.1, 0.15) is 46.5 Å². The minimum absolute atomic E-state index is 0.176. The zero-order valence-electron chi connectivity index (χ0n) is 16.1. The van der Waals surface area contributed by atoms with Crippen LogP contribution in [-0.2, 0) is 14.4 Å². The molecule has 0 atom stereocenters. The molecule has 0 fully saturated rings. The highest BCUT2D eigenvalue weighted by atomic mass is 16.5. The van der Waals surface area contributed by atoms with E-state index < -0.39 is 24.2 Å². The number of carboxylic acid groups (broad SMARTS) is 3. The van der Waals surface area contributed by atoms with Gasteiger partial charge in [-0.05, 0) is 40.0 Å². The van der Waals surface area contributed by atoms with Crippen LogP contribution < -0.4 is 0 Å². The van der Waals surface area contributed by atoms with Gasteiger partial charge in [0.15, 0.2) is 6.29 Å². The normalized spacial score (nSPS) is 8.56. The molecular formula is C18H32O9. The monoisotopic (exact) mass is 392 g/mol. The van der Waals surface area contributed by atoms with E-state index in [0.29, 0.717) is 6.42 Å². The molecule has 0 spiro atoms. The van der Waals surface area contributed by atoms with E-state index in [1.165, 1.54) is 20.8 Å². The molecule has 158 valence electrons. The number of aliphatic hydroxyl groups is 3. The van der Waals surface area contributed by atoms with Crippen LogP contribution in [0.3, 0.4) is 0 Å². The average Bonchev–Trinajstić information content (AvgIpc) is 2.52. The molecule has 0 saturated heterocycles. The van der Waals surface area contributed by atoms with Gasteiger partial charge >= 0.3 is 17.9 Å². The van der Waals surface area contributed by atoms with Crippen molar-refractivity contribution in [3.63, 3.8) is 0 Å². The Balaban J connectivity index is -0.000000133. The van der Waals surface area contributed by atoms with Crippen molar-refractivity contribution in [1.82, 2.24) is 0 Å². The summed E-state index contributed by atoms with van der Waals surface area (Å²) in [7, 11) is 0. The first-order valence-corrected chi connectivity index (χ1v) is 7.83. The Morgan fingerprint density at radius 2 is 0.963 bits per heavy atom. The van der Waals surface area contributed by atoms with Crippen LogP contribution in [0.15, 0.2) is 36.5 Å². The third-order valence-corrected chi connectivity index (χ3v) is 2.22. The summed E-state index contributed by atoms with van der Waals surface area (Å²) in [5.41, 5.74) is 0.528. The van der Waals surface area contributed by atoms with Gasteiger partial charge in [0.1, 0.15) is 0 Å². The Hall–Kier alpha value is -2.49. The average molecular weight is 392 g/mol. The number of hydrogen-bond donors (Lipinski definition) is 6. The summed E-state index contributed by atoms with van der Waals surface area (Å²) >= 11 is 0. The van der Waals surface area contributed by atoms with Crippen LogP contribution in [0.2, 0.25) is 0 Å². The van der Waals surface area contributed by atoms with Gasteiger partial charge in [-0.25, -0.2) is 14.4 Å². The minimum atomic E-state index is -1.18. The Bertz CT molecular complexity index is 386. The van der Waals surface area contributed by atoms with E-state index in [2.05, 4.69) is 19.7 Å².